The number of carboxylic acid groups (broad SMARTS) is 1. The first-order valence-corrected chi connectivity index (χ1v) is 8.66. The van der Waals surface area contributed by atoms with Gasteiger partial charge < -0.3 is 10.4 Å². The third-order valence-corrected chi connectivity index (χ3v) is 4.93. The van der Waals surface area contributed by atoms with E-state index in [-0.39, 0.29) is 5.56 Å². The molecule has 3 rings (SSSR count). The van der Waals surface area contributed by atoms with Crippen molar-refractivity contribution in [2.45, 2.75) is 6.92 Å². The van der Waals surface area contributed by atoms with E-state index in [1.807, 2.05) is 37.3 Å². The first-order chi connectivity index (χ1) is 12.0. The Bertz CT molecular complexity index is 951. The van der Waals surface area contributed by atoms with Gasteiger partial charge in [-0.15, -0.1) is 11.3 Å². The third-order valence-electron chi connectivity index (χ3n) is 3.67. The van der Waals surface area contributed by atoms with Crippen molar-refractivity contribution in [1.29, 1.82) is 0 Å². The normalized spacial score (nSPS) is 10.5. The zero-order valence-corrected chi connectivity index (χ0v) is 14.8. The maximum Gasteiger partial charge on any atom is 0.339 e. The second-order valence-electron chi connectivity index (χ2n) is 5.37. The lowest BCUT2D eigenvalue weighted by Crippen LogP contribution is -2.13. The molecule has 0 saturated heterocycles. The predicted octanol–water partition coefficient (Wildman–Crippen LogP) is 5.33. The quantitative estimate of drug-likeness (QED) is 0.651. The molecule has 0 unspecified atom stereocenters. The Morgan fingerprint density at radius 1 is 1.08 bits per heavy atom. The maximum absolute atomic E-state index is 12.4. The number of carbonyl (C=O) groups is 2. The minimum atomic E-state index is -1.08. The first kappa shape index (κ1) is 17.2. The third kappa shape index (κ3) is 3.57. The van der Waals surface area contributed by atoms with Crippen LogP contribution in [0.4, 0.5) is 5.00 Å². The van der Waals surface area contributed by atoms with Gasteiger partial charge in [0.2, 0.25) is 0 Å². The number of amides is 1. The SMILES string of the molecule is Cc1sc(NC(=O)c2cccc(Cl)c2)c(C(=O)O)c1-c1ccccc1. The van der Waals surface area contributed by atoms with Gasteiger partial charge in [-0.1, -0.05) is 48.0 Å². The molecule has 0 atom stereocenters. The fourth-order valence-electron chi connectivity index (χ4n) is 2.59. The molecule has 2 N–H and O–H groups in total. The number of hydrogen-bond donors (Lipinski definition) is 2. The number of benzene rings is 2. The van der Waals surface area contributed by atoms with Gasteiger partial charge in [0.05, 0.1) is 0 Å². The highest BCUT2D eigenvalue weighted by molar-refractivity contribution is 7.17. The zero-order chi connectivity index (χ0) is 18.0. The summed E-state index contributed by atoms with van der Waals surface area (Å²) < 4.78 is 0. The second-order valence-corrected chi connectivity index (χ2v) is 7.03. The van der Waals surface area contributed by atoms with Gasteiger partial charge in [-0.2, -0.15) is 0 Å². The molecule has 1 heterocycles. The highest BCUT2D eigenvalue weighted by Crippen LogP contribution is 2.40. The molecule has 1 aromatic heterocycles. The summed E-state index contributed by atoms with van der Waals surface area (Å²) in [6.45, 7) is 1.84. The fourth-order valence-corrected chi connectivity index (χ4v) is 3.85. The molecule has 0 aliphatic heterocycles. The number of rotatable bonds is 4. The van der Waals surface area contributed by atoms with E-state index in [0.717, 1.165) is 10.4 Å². The van der Waals surface area contributed by atoms with Gasteiger partial charge in [-0.25, -0.2) is 4.79 Å². The van der Waals surface area contributed by atoms with E-state index in [4.69, 9.17) is 11.6 Å². The van der Waals surface area contributed by atoms with Crippen LogP contribution in [-0.2, 0) is 0 Å². The Labute approximate surface area is 153 Å². The van der Waals surface area contributed by atoms with E-state index >= 15 is 0 Å². The van der Waals surface area contributed by atoms with E-state index in [1.54, 1.807) is 18.2 Å². The van der Waals surface area contributed by atoms with E-state index in [1.165, 1.54) is 17.4 Å². The molecule has 0 bridgehead atoms. The van der Waals surface area contributed by atoms with Crippen molar-refractivity contribution in [3.63, 3.8) is 0 Å². The summed E-state index contributed by atoms with van der Waals surface area (Å²) in [4.78, 5) is 25.1. The molecule has 0 spiro atoms. The van der Waals surface area contributed by atoms with Crippen molar-refractivity contribution >= 4 is 39.8 Å². The van der Waals surface area contributed by atoms with Gasteiger partial charge in [-0.3, -0.25) is 4.79 Å². The number of carboxylic acids is 1. The molecular formula is C19H14ClNO3S. The number of carbonyl (C=O) groups excluding carboxylic acids is 1. The Kier molecular flexibility index (Phi) is 4.88. The van der Waals surface area contributed by atoms with E-state index < -0.39 is 11.9 Å². The molecule has 0 fully saturated rings. The van der Waals surface area contributed by atoms with Gasteiger partial charge in [0.25, 0.3) is 5.91 Å². The second kappa shape index (κ2) is 7.09. The molecule has 0 aliphatic rings. The standard InChI is InChI=1S/C19H14ClNO3S/c1-11-15(12-6-3-2-4-7-12)16(19(23)24)18(25-11)21-17(22)13-8-5-9-14(20)10-13/h2-10H,1H3,(H,21,22)(H,23,24). The summed E-state index contributed by atoms with van der Waals surface area (Å²) in [6, 6.07) is 15.8. The van der Waals surface area contributed by atoms with Crippen LogP contribution in [0.5, 0.6) is 0 Å². The molecule has 126 valence electrons. The average molecular weight is 372 g/mol. The molecular weight excluding hydrogens is 358 g/mol. The van der Waals surface area contributed by atoms with Crippen LogP contribution >= 0.6 is 22.9 Å². The molecule has 0 saturated carbocycles. The Morgan fingerprint density at radius 2 is 1.80 bits per heavy atom. The minimum Gasteiger partial charge on any atom is -0.478 e. The molecule has 2 aromatic carbocycles. The monoisotopic (exact) mass is 371 g/mol. The number of halogens is 1. The van der Waals surface area contributed by atoms with Gasteiger partial charge >= 0.3 is 5.97 Å². The van der Waals surface area contributed by atoms with Crippen molar-refractivity contribution in [3.05, 3.63) is 75.6 Å². The van der Waals surface area contributed by atoms with Crippen LogP contribution < -0.4 is 5.32 Å². The van der Waals surface area contributed by atoms with Crippen LogP contribution in [0.3, 0.4) is 0 Å². The summed E-state index contributed by atoms with van der Waals surface area (Å²) in [6.07, 6.45) is 0. The number of aryl methyl sites for hydroxylation is 1. The zero-order valence-electron chi connectivity index (χ0n) is 13.2. The van der Waals surface area contributed by atoms with Crippen molar-refractivity contribution in [2.75, 3.05) is 5.32 Å². The molecule has 3 aromatic rings. The molecule has 1 amide bonds. The topological polar surface area (TPSA) is 66.4 Å². The maximum atomic E-state index is 12.4. The van der Waals surface area contributed by atoms with Crippen LogP contribution in [0.1, 0.15) is 25.6 Å². The number of thiophene rings is 1. The van der Waals surface area contributed by atoms with Gasteiger partial charge in [0.1, 0.15) is 10.6 Å². The summed E-state index contributed by atoms with van der Waals surface area (Å²) in [5, 5.41) is 13.1. The molecule has 25 heavy (non-hydrogen) atoms. The molecule has 4 nitrogen and oxygen atoms in total. The van der Waals surface area contributed by atoms with Crippen LogP contribution in [0.25, 0.3) is 11.1 Å². The summed E-state index contributed by atoms with van der Waals surface area (Å²) in [7, 11) is 0. The minimum absolute atomic E-state index is 0.101. The van der Waals surface area contributed by atoms with E-state index in [9.17, 15) is 14.7 Å². The number of nitrogens with one attached hydrogen (secondary N) is 1. The number of anilines is 1. The predicted molar refractivity (Wildman–Crippen MR) is 101 cm³/mol. The van der Waals surface area contributed by atoms with Crippen LogP contribution in [0, 0.1) is 6.92 Å². The summed E-state index contributed by atoms with van der Waals surface area (Å²) in [5.74, 6) is -1.48. The van der Waals surface area contributed by atoms with Crippen LogP contribution in [0.15, 0.2) is 54.6 Å². The number of hydrogen-bond acceptors (Lipinski definition) is 3. The first-order valence-electron chi connectivity index (χ1n) is 7.46. The average Bonchev–Trinajstić information content (AvgIpc) is 2.91. The van der Waals surface area contributed by atoms with Gasteiger partial charge in [-0.05, 0) is 30.7 Å². The lowest BCUT2D eigenvalue weighted by atomic mass is 10.0. The Balaban J connectivity index is 2.03. The lowest BCUT2D eigenvalue weighted by molar-refractivity contribution is 0.0699. The Morgan fingerprint density at radius 3 is 2.44 bits per heavy atom. The van der Waals surface area contributed by atoms with Crippen molar-refractivity contribution in [3.8, 4) is 11.1 Å². The van der Waals surface area contributed by atoms with Crippen LogP contribution in [0.2, 0.25) is 5.02 Å². The highest BCUT2D eigenvalue weighted by Gasteiger charge is 2.24. The van der Waals surface area contributed by atoms with E-state index in [2.05, 4.69) is 5.32 Å². The highest BCUT2D eigenvalue weighted by atomic mass is 35.5. The largest absolute Gasteiger partial charge is 0.478 e. The Hall–Kier alpha value is -2.63. The van der Waals surface area contributed by atoms with Crippen LogP contribution in [-0.4, -0.2) is 17.0 Å². The lowest BCUT2D eigenvalue weighted by Gasteiger charge is -2.06. The summed E-state index contributed by atoms with van der Waals surface area (Å²) >= 11 is 7.16. The van der Waals surface area contributed by atoms with Gasteiger partial charge in [0, 0.05) is 21.0 Å². The molecule has 6 heteroatoms. The van der Waals surface area contributed by atoms with Crippen molar-refractivity contribution < 1.29 is 14.7 Å². The molecule has 0 aliphatic carbocycles. The van der Waals surface area contributed by atoms with Crippen molar-refractivity contribution in [2.24, 2.45) is 0 Å². The number of aromatic carboxylic acids is 1. The smallest absolute Gasteiger partial charge is 0.339 e. The molecule has 0 radical (unpaired) electrons. The fraction of sp³-hybridized carbons (Fsp3) is 0.0526. The van der Waals surface area contributed by atoms with Crippen molar-refractivity contribution in [1.82, 2.24) is 0 Å². The summed E-state index contributed by atoms with van der Waals surface area (Å²) in [5.41, 5.74) is 1.90. The van der Waals surface area contributed by atoms with E-state index in [0.29, 0.717) is 21.2 Å². The van der Waals surface area contributed by atoms with Gasteiger partial charge in [0.15, 0.2) is 0 Å².